The van der Waals surface area contributed by atoms with Crippen LogP contribution in [0.2, 0.25) is 5.54 Å². The second-order valence-electron chi connectivity index (χ2n) is 10.8. The Hall–Kier alpha value is -2.64. The van der Waals surface area contributed by atoms with Crippen LogP contribution in [0.15, 0.2) is 76.9 Å². The van der Waals surface area contributed by atoms with E-state index in [1.807, 2.05) is 0 Å². The summed E-state index contributed by atoms with van der Waals surface area (Å²) >= 11 is 0. The predicted octanol–water partition coefficient (Wildman–Crippen LogP) is 7.06. The van der Waals surface area contributed by atoms with Gasteiger partial charge in [0.2, 0.25) is 0 Å². The van der Waals surface area contributed by atoms with Crippen molar-refractivity contribution in [2.45, 2.75) is 74.8 Å². The van der Waals surface area contributed by atoms with Crippen LogP contribution in [-0.4, -0.2) is 8.07 Å². The Morgan fingerprint density at radius 2 is 0.853 bits per heavy atom. The molecule has 0 N–H and O–H groups in total. The molecular weight excluding hydrogens is 424 g/mol. The molecule has 0 nitrogen and oxygen atoms in total. The lowest BCUT2D eigenvalue weighted by Gasteiger charge is -2.44. The molecule has 4 rings (SSSR count). The molecule has 0 saturated heterocycles. The molecule has 3 aromatic carbocycles. The number of benzene rings is 3. The first-order valence-electron chi connectivity index (χ1n) is 12.6. The zero-order valence-corrected chi connectivity index (χ0v) is 23.8. The van der Waals surface area contributed by atoms with Gasteiger partial charge in [-0.15, -0.1) is 0 Å². The monoisotopic (exact) mass is 464 g/mol. The van der Waals surface area contributed by atoms with Crippen molar-refractivity contribution < 1.29 is 0 Å². The van der Waals surface area contributed by atoms with Gasteiger partial charge in [-0.3, -0.25) is 0 Å². The highest BCUT2D eigenvalue weighted by molar-refractivity contribution is 7.14. The summed E-state index contributed by atoms with van der Waals surface area (Å²) < 4.78 is 0. The van der Waals surface area contributed by atoms with Gasteiger partial charge < -0.3 is 0 Å². The number of hydrogen-bond acceptors (Lipinski definition) is 0. The fourth-order valence-electron chi connectivity index (χ4n) is 6.94. The SMILES string of the molecule is CC1=C(C)C([Si](c2cc(C)cc(C)c2)(c2c(C)cccc2C)c2c(C)cccc2C)C(C)=C1C. The van der Waals surface area contributed by atoms with Gasteiger partial charge in [-0.25, -0.2) is 0 Å². The summed E-state index contributed by atoms with van der Waals surface area (Å²) in [5.41, 5.74) is 14.9. The average Bonchev–Trinajstić information content (AvgIpc) is 2.94. The van der Waals surface area contributed by atoms with E-state index < -0.39 is 8.07 Å². The van der Waals surface area contributed by atoms with Crippen molar-refractivity contribution in [3.63, 3.8) is 0 Å². The molecule has 0 atom stereocenters. The highest BCUT2D eigenvalue weighted by Gasteiger charge is 2.52. The van der Waals surface area contributed by atoms with Crippen molar-refractivity contribution in [1.82, 2.24) is 0 Å². The standard InChI is InChI=1S/C33H40Si/c1-20-17-21(2)19-30(18-20)34(31-22(3)13-11-14-23(31)4,32-24(5)15-12-16-25(32)6)33-28(9)26(7)27(8)29(33)10/h11-19,33H,1-10H3. The molecule has 0 unspecified atom stereocenters. The predicted molar refractivity (Wildman–Crippen MR) is 153 cm³/mol. The molecule has 3 aromatic rings. The molecule has 0 saturated carbocycles. The zero-order valence-electron chi connectivity index (χ0n) is 22.8. The summed E-state index contributed by atoms with van der Waals surface area (Å²) in [7, 11) is -2.56. The highest BCUT2D eigenvalue weighted by atomic mass is 28.3. The molecule has 1 aliphatic rings. The molecule has 34 heavy (non-hydrogen) atoms. The van der Waals surface area contributed by atoms with E-state index in [1.165, 1.54) is 44.5 Å². The summed E-state index contributed by atoms with van der Waals surface area (Å²) in [5.74, 6) is 0. The third-order valence-corrected chi connectivity index (χ3v) is 14.6. The van der Waals surface area contributed by atoms with Gasteiger partial charge >= 0.3 is 0 Å². The summed E-state index contributed by atoms with van der Waals surface area (Å²) in [6, 6.07) is 21.2. The number of aryl methyl sites for hydroxylation is 6. The lowest BCUT2D eigenvalue weighted by Crippen LogP contribution is -2.72. The Bertz CT molecular complexity index is 1210. The van der Waals surface area contributed by atoms with E-state index in [0.29, 0.717) is 5.54 Å². The van der Waals surface area contributed by atoms with Gasteiger partial charge in [-0.1, -0.05) is 99.1 Å². The van der Waals surface area contributed by atoms with Crippen LogP contribution in [0.1, 0.15) is 61.1 Å². The fraction of sp³-hybridized carbons (Fsp3) is 0.333. The molecule has 0 bridgehead atoms. The first kappa shape index (κ1) is 24.5. The van der Waals surface area contributed by atoms with E-state index in [0.717, 1.165) is 0 Å². The third kappa shape index (κ3) is 3.57. The van der Waals surface area contributed by atoms with Crippen LogP contribution in [0, 0.1) is 41.5 Å². The molecule has 0 amide bonds. The van der Waals surface area contributed by atoms with E-state index in [-0.39, 0.29) is 0 Å². The first-order valence-corrected chi connectivity index (χ1v) is 14.7. The topological polar surface area (TPSA) is 0 Å². The largest absolute Gasteiger partial charge is 0.160 e. The third-order valence-electron chi connectivity index (χ3n) is 8.47. The Morgan fingerprint density at radius 1 is 0.500 bits per heavy atom. The van der Waals surface area contributed by atoms with E-state index in [1.54, 1.807) is 26.7 Å². The maximum absolute atomic E-state index is 2.56. The van der Waals surface area contributed by atoms with Crippen molar-refractivity contribution in [2.24, 2.45) is 0 Å². The van der Waals surface area contributed by atoms with E-state index in [4.69, 9.17) is 0 Å². The normalized spacial score (nSPS) is 15.0. The zero-order chi connectivity index (χ0) is 24.9. The maximum atomic E-state index is 2.51. The Morgan fingerprint density at radius 3 is 1.21 bits per heavy atom. The van der Waals surface area contributed by atoms with Crippen LogP contribution in [0.25, 0.3) is 0 Å². The van der Waals surface area contributed by atoms with Crippen molar-refractivity contribution in [2.75, 3.05) is 0 Å². The lowest BCUT2D eigenvalue weighted by molar-refractivity contribution is 1.08. The maximum Gasteiger partial charge on any atom is 0.160 e. The number of hydrogen-bond donors (Lipinski definition) is 0. The van der Waals surface area contributed by atoms with Gasteiger partial charge in [0.25, 0.3) is 0 Å². The van der Waals surface area contributed by atoms with E-state index in [9.17, 15) is 0 Å². The van der Waals surface area contributed by atoms with Crippen LogP contribution in [-0.2, 0) is 0 Å². The molecular formula is C33H40Si. The van der Waals surface area contributed by atoms with Gasteiger partial charge in [0.1, 0.15) is 0 Å². The van der Waals surface area contributed by atoms with Gasteiger partial charge in [0.15, 0.2) is 8.07 Å². The highest BCUT2D eigenvalue weighted by Crippen LogP contribution is 2.47. The van der Waals surface area contributed by atoms with Crippen molar-refractivity contribution in [3.8, 4) is 0 Å². The Labute approximate surface area is 208 Å². The van der Waals surface area contributed by atoms with Crippen LogP contribution in [0.3, 0.4) is 0 Å². The van der Waals surface area contributed by atoms with Gasteiger partial charge in [0, 0.05) is 5.54 Å². The second kappa shape index (κ2) is 8.85. The molecule has 0 radical (unpaired) electrons. The molecule has 0 fully saturated rings. The van der Waals surface area contributed by atoms with Crippen LogP contribution >= 0.6 is 0 Å². The molecule has 0 aromatic heterocycles. The number of allylic oxidation sites excluding steroid dienone is 4. The van der Waals surface area contributed by atoms with Gasteiger partial charge in [-0.05, 0) is 95.9 Å². The fourth-order valence-corrected chi connectivity index (χ4v) is 14.1. The van der Waals surface area contributed by atoms with Gasteiger partial charge in [0.05, 0.1) is 0 Å². The van der Waals surface area contributed by atoms with E-state index >= 15 is 0 Å². The van der Waals surface area contributed by atoms with Crippen LogP contribution in [0.5, 0.6) is 0 Å². The lowest BCUT2D eigenvalue weighted by atomic mass is 10.1. The minimum absolute atomic E-state index is 0.410. The number of rotatable bonds is 4. The minimum Gasteiger partial charge on any atom is -0.0647 e. The average molecular weight is 465 g/mol. The summed E-state index contributed by atoms with van der Waals surface area (Å²) in [6.45, 7) is 23.4. The molecule has 1 aliphatic carbocycles. The van der Waals surface area contributed by atoms with Crippen molar-refractivity contribution in [3.05, 3.63) is 110 Å². The smallest absolute Gasteiger partial charge is 0.0647 e. The van der Waals surface area contributed by atoms with Crippen LogP contribution in [0.4, 0.5) is 0 Å². The quantitative estimate of drug-likeness (QED) is 0.286. The molecule has 0 spiro atoms. The molecule has 0 aliphatic heterocycles. The molecule has 0 heterocycles. The minimum atomic E-state index is -2.56. The molecule has 1 heteroatoms. The first-order chi connectivity index (χ1) is 16.0. The Balaban J connectivity index is 2.35. The van der Waals surface area contributed by atoms with Crippen molar-refractivity contribution in [1.29, 1.82) is 0 Å². The summed E-state index contributed by atoms with van der Waals surface area (Å²) in [5, 5.41) is 4.75. The van der Waals surface area contributed by atoms with Crippen LogP contribution < -0.4 is 15.6 Å². The second-order valence-corrected chi connectivity index (χ2v) is 14.5. The summed E-state index contributed by atoms with van der Waals surface area (Å²) in [4.78, 5) is 0. The summed E-state index contributed by atoms with van der Waals surface area (Å²) in [6.07, 6.45) is 0. The van der Waals surface area contributed by atoms with E-state index in [2.05, 4.69) is 124 Å². The Kier molecular flexibility index (Phi) is 6.38. The van der Waals surface area contributed by atoms with Crippen molar-refractivity contribution >= 4 is 23.6 Å². The molecule has 176 valence electrons. The van der Waals surface area contributed by atoms with Gasteiger partial charge in [-0.2, -0.15) is 0 Å².